The smallest absolute Gasteiger partial charge is 0.410 e. The Bertz CT molecular complexity index is 1200. The largest absolute Gasteiger partial charge is 0.444 e. The minimum absolute atomic E-state index is 0.0175. The average Bonchev–Trinajstić information content (AvgIpc) is 3.33. The molecule has 3 unspecified atom stereocenters. The van der Waals surface area contributed by atoms with E-state index in [-0.39, 0.29) is 41.3 Å². The molecule has 1 aliphatic rings. The monoisotopic (exact) mass is 610 g/mol. The van der Waals surface area contributed by atoms with Crippen molar-refractivity contribution in [1.29, 1.82) is 0 Å². The fraction of sp³-hybridized carbons (Fsp3) is 0.600. The van der Waals surface area contributed by atoms with Gasteiger partial charge in [0.1, 0.15) is 5.60 Å². The first kappa shape index (κ1) is 34.8. The van der Waals surface area contributed by atoms with Crippen LogP contribution in [0.5, 0.6) is 0 Å². The molecule has 2 amide bonds. The summed E-state index contributed by atoms with van der Waals surface area (Å²) in [6.07, 6.45) is 1.72. The molecule has 0 spiro atoms. The molecule has 238 valence electrons. The van der Waals surface area contributed by atoms with Crippen LogP contribution in [0.15, 0.2) is 54.6 Å². The molecule has 0 N–H and O–H groups in total. The Morgan fingerprint density at radius 3 is 2.12 bits per heavy atom. The number of hydrogen-bond acceptors (Lipinski definition) is 5. The highest BCUT2D eigenvalue weighted by molar-refractivity contribution is 6.74. The van der Waals surface area contributed by atoms with Gasteiger partial charge in [0, 0.05) is 32.3 Å². The van der Waals surface area contributed by atoms with Crippen LogP contribution in [0, 0.1) is 0 Å². The lowest BCUT2D eigenvalue weighted by atomic mass is 10.0. The van der Waals surface area contributed by atoms with Crippen molar-refractivity contribution in [3.8, 4) is 0 Å². The van der Waals surface area contributed by atoms with Gasteiger partial charge in [0.25, 0.3) is 5.91 Å². The summed E-state index contributed by atoms with van der Waals surface area (Å²) < 4.78 is 18.4. The van der Waals surface area contributed by atoms with E-state index >= 15 is 0 Å². The van der Waals surface area contributed by atoms with E-state index in [2.05, 4.69) is 46.0 Å². The Morgan fingerprint density at radius 2 is 1.58 bits per heavy atom. The second-order valence-electron chi connectivity index (χ2n) is 14.5. The molecule has 2 aromatic rings. The van der Waals surface area contributed by atoms with Crippen LogP contribution in [0.2, 0.25) is 18.1 Å². The van der Waals surface area contributed by atoms with Crippen molar-refractivity contribution >= 4 is 20.3 Å². The standard InChI is InChI=1S/C35H54N2O5Si/c1-25(40-9)24-36(8)32(38)28-19-17-26(18-20-28)23-29-21-22-30(37(29)33(39)41-34(2,3)4)31(27-15-13-12-14-16-27)42-43(10,11)35(5,6)7/h12-20,25,29-31H,21-24H2,1-11H3/t25?,29?,30?,31-/m1/s1. The number of amides is 2. The van der Waals surface area contributed by atoms with Crippen molar-refractivity contribution < 1.29 is 23.5 Å². The van der Waals surface area contributed by atoms with Gasteiger partial charge < -0.3 is 18.8 Å². The van der Waals surface area contributed by atoms with Gasteiger partial charge in [0.05, 0.1) is 18.2 Å². The van der Waals surface area contributed by atoms with E-state index in [1.807, 2.05) is 75.1 Å². The molecule has 0 bridgehead atoms. The second-order valence-corrected chi connectivity index (χ2v) is 19.3. The lowest BCUT2D eigenvalue weighted by Crippen LogP contribution is -2.50. The van der Waals surface area contributed by atoms with Gasteiger partial charge in [0.2, 0.25) is 0 Å². The topological polar surface area (TPSA) is 68.3 Å². The zero-order valence-corrected chi connectivity index (χ0v) is 29.3. The summed E-state index contributed by atoms with van der Waals surface area (Å²) in [5.41, 5.74) is 2.17. The van der Waals surface area contributed by atoms with E-state index in [0.29, 0.717) is 18.5 Å². The van der Waals surface area contributed by atoms with Crippen molar-refractivity contribution in [3.63, 3.8) is 0 Å². The highest BCUT2D eigenvalue weighted by Crippen LogP contribution is 2.44. The summed E-state index contributed by atoms with van der Waals surface area (Å²) in [4.78, 5) is 30.5. The highest BCUT2D eigenvalue weighted by Gasteiger charge is 2.47. The summed E-state index contributed by atoms with van der Waals surface area (Å²) >= 11 is 0. The fourth-order valence-corrected chi connectivity index (χ4v) is 6.62. The number of likely N-dealkylation sites (N-methyl/N-ethyl adjacent to an activating group) is 1. The van der Waals surface area contributed by atoms with Crippen LogP contribution >= 0.6 is 0 Å². The van der Waals surface area contributed by atoms with Gasteiger partial charge in [-0.25, -0.2) is 4.79 Å². The van der Waals surface area contributed by atoms with Crippen LogP contribution in [0.4, 0.5) is 4.79 Å². The van der Waals surface area contributed by atoms with Gasteiger partial charge in [-0.05, 0) is 88.3 Å². The van der Waals surface area contributed by atoms with E-state index in [4.69, 9.17) is 13.9 Å². The molecule has 0 aromatic heterocycles. The van der Waals surface area contributed by atoms with Gasteiger partial charge >= 0.3 is 6.09 Å². The molecule has 43 heavy (non-hydrogen) atoms. The third-order valence-electron chi connectivity index (χ3n) is 8.81. The minimum Gasteiger partial charge on any atom is -0.444 e. The maximum atomic E-state index is 13.9. The molecule has 1 fully saturated rings. The van der Waals surface area contributed by atoms with Crippen molar-refractivity contribution in [3.05, 3.63) is 71.3 Å². The molecular weight excluding hydrogens is 556 g/mol. The van der Waals surface area contributed by atoms with E-state index in [9.17, 15) is 9.59 Å². The number of ether oxygens (including phenoxy) is 2. The molecule has 7 nitrogen and oxygen atoms in total. The van der Waals surface area contributed by atoms with Crippen LogP contribution in [0.25, 0.3) is 0 Å². The van der Waals surface area contributed by atoms with E-state index in [0.717, 1.165) is 24.0 Å². The van der Waals surface area contributed by atoms with Crippen molar-refractivity contribution in [2.45, 2.75) is 116 Å². The predicted molar refractivity (Wildman–Crippen MR) is 176 cm³/mol. The van der Waals surface area contributed by atoms with Gasteiger partial charge in [-0.1, -0.05) is 63.2 Å². The number of nitrogens with zero attached hydrogens (tertiary/aromatic N) is 2. The first-order valence-corrected chi connectivity index (χ1v) is 18.5. The van der Waals surface area contributed by atoms with Crippen molar-refractivity contribution in [1.82, 2.24) is 9.80 Å². The quantitative estimate of drug-likeness (QED) is 0.256. The van der Waals surface area contributed by atoms with Crippen LogP contribution in [0.3, 0.4) is 0 Å². The van der Waals surface area contributed by atoms with Gasteiger partial charge in [-0.2, -0.15) is 0 Å². The summed E-state index contributed by atoms with van der Waals surface area (Å²) in [5.74, 6) is -0.0414. The maximum absolute atomic E-state index is 13.9. The SMILES string of the molecule is COC(C)CN(C)C(=O)c1ccc(CC2CCC([C@H](O[Si](C)(C)C(C)(C)C)c3ccccc3)N2C(=O)OC(C)(C)C)cc1. The fourth-order valence-electron chi connectivity index (χ4n) is 5.33. The predicted octanol–water partition coefficient (Wildman–Crippen LogP) is 7.87. The zero-order chi connectivity index (χ0) is 32.2. The summed E-state index contributed by atoms with van der Waals surface area (Å²) in [6.45, 7) is 19.5. The maximum Gasteiger partial charge on any atom is 0.410 e. The Morgan fingerprint density at radius 1 is 0.977 bits per heavy atom. The number of carbonyl (C=O) groups is 2. The molecule has 1 heterocycles. The molecule has 0 radical (unpaired) electrons. The van der Waals surface area contributed by atoms with E-state index in [1.165, 1.54) is 0 Å². The zero-order valence-electron chi connectivity index (χ0n) is 28.3. The first-order valence-electron chi connectivity index (χ1n) is 15.5. The molecule has 0 aliphatic carbocycles. The molecule has 8 heteroatoms. The average molecular weight is 611 g/mol. The van der Waals surface area contributed by atoms with E-state index < -0.39 is 13.9 Å². The van der Waals surface area contributed by atoms with Gasteiger partial charge in [-0.15, -0.1) is 0 Å². The Labute approximate surface area is 261 Å². The first-order chi connectivity index (χ1) is 19.9. The van der Waals surface area contributed by atoms with Gasteiger partial charge in [-0.3, -0.25) is 9.69 Å². The summed E-state index contributed by atoms with van der Waals surface area (Å²) in [5, 5.41) is 0.0175. The molecule has 0 saturated carbocycles. The number of rotatable bonds is 10. The number of benzene rings is 2. The molecule has 2 aromatic carbocycles. The van der Waals surface area contributed by atoms with Gasteiger partial charge in [0.15, 0.2) is 8.32 Å². The highest BCUT2D eigenvalue weighted by atomic mass is 28.4. The number of likely N-dealkylation sites (tertiary alicyclic amines) is 1. The van der Waals surface area contributed by atoms with Crippen LogP contribution < -0.4 is 0 Å². The Kier molecular flexibility index (Phi) is 11.3. The number of carbonyl (C=O) groups excluding carboxylic acids is 2. The normalized spacial score (nSPS) is 19.2. The molecular formula is C35H54N2O5Si. The summed E-state index contributed by atoms with van der Waals surface area (Å²) in [6, 6.07) is 17.9. The molecule has 1 aliphatic heterocycles. The van der Waals surface area contributed by atoms with Crippen LogP contribution in [-0.4, -0.2) is 74.6 Å². The number of methoxy groups -OCH3 is 1. The third-order valence-corrected chi connectivity index (χ3v) is 13.3. The lowest BCUT2D eigenvalue weighted by molar-refractivity contribution is -0.00239. The number of hydrogen-bond donors (Lipinski definition) is 0. The molecule has 1 saturated heterocycles. The third kappa shape index (κ3) is 9.16. The van der Waals surface area contributed by atoms with Crippen molar-refractivity contribution in [2.24, 2.45) is 0 Å². The van der Waals surface area contributed by atoms with Crippen LogP contribution in [0.1, 0.15) is 88.9 Å². The Balaban J connectivity index is 1.91. The Hall–Kier alpha value is -2.68. The van der Waals surface area contributed by atoms with Crippen LogP contribution in [-0.2, 0) is 20.3 Å². The summed E-state index contributed by atoms with van der Waals surface area (Å²) in [7, 11) is 1.25. The van der Waals surface area contributed by atoms with Crippen molar-refractivity contribution in [2.75, 3.05) is 20.7 Å². The second kappa shape index (κ2) is 14.0. The molecule has 4 atom stereocenters. The molecule has 3 rings (SSSR count). The lowest BCUT2D eigenvalue weighted by Gasteiger charge is -2.43. The minimum atomic E-state index is -2.19. The van der Waals surface area contributed by atoms with E-state index in [1.54, 1.807) is 19.1 Å².